The number of primary amides is 1. The Kier molecular flexibility index (Phi) is 4.76. The topological polar surface area (TPSA) is 67.2 Å². The number of urea groups is 1. The van der Waals surface area contributed by atoms with Gasteiger partial charge < -0.3 is 16.4 Å². The van der Waals surface area contributed by atoms with Gasteiger partial charge in [0.1, 0.15) is 0 Å². The second-order valence-corrected chi connectivity index (χ2v) is 7.03. The monoisotopic (exact) mass is 289 g/mol. The summed E-state index contributed by atoms with van der Waals surface area (Å²) in [7, 11) is 0. The van der Waals surface area contributed by atoms with Crippen molar-refractivity contribution < 1.29 is 4.79 Å². The van der Waals surface area contributed by atoms with Crippen LogP contribution in [0, 0.1) is 0 Å². The van der Waals surface area contributed by atoms with Crippen LogP contribution in [0.5, 0.6) is 0 Å². The molecule has 2 rings (SSSR count). The molecule has 0 unspecified atom stereocenters. The van der Waals surface area contributed by atoms with Crippen LogP contribution in [-0.4, -0.2) is 18.1 Å². The van der Waals surface area contributed by atoms with Gasteiger partial charge in [0.2, 0.25) is 0 Å². The molecule has 2 amide bonds. The van der Waals surface area contributed by atoms with Gasteiger partial charge in [-0.2, -0.15) is 0 Å². The van der Waals surface area contributed by atoms with E-state index in [2.05, 4.69) is 55.7 Å². The molecule has 1 aliphatic rings. The van der Waals surface area contributed by atoms with Crippen LogP contribution in [0.3, 0.4) is 0 Å². The molecule has 4 nitrogen and oxygen atoms in total. The molecule has 1 saturated carbocycles. The number of carbonyl (C=O) groups is 1. The van der Waals surface area contributed by atoms with Crippen molar-refractivity contribution in [2.45, 2.75) is 64.0 Å². The first-order valence-corrected chi connectivity index (χ1v) is 7.77. The minimum absolute atomic E-state index is 0.191. The van der Waals surface area contributed by atoms with E-state index in [1.807, 2.05) is 0 Å². The van der Waals surface area contributed by atoms with Crippen molar-refractivity contribution in [3.63, 3.8) is 0 Å². The Morgan fingerprint density at radius 3 is 2.05 bits per heavy atom. The summed E-state index contributed by atoms with van der Waals surface area (Å²) in [6.45, 7) is 6.67. The van der Waals surface area contributed by atoms with Gasteiger partial charge in [0.25, 0.3) is 0 Å². The molecule has 1 aromatic carbocycles. The van der Waals surface area contributed by atoms with Crippen molar-refractivity contribution in [2.24, 2.45) is 5.73 Å². The van der Waals surface area contributed by atoms with Crippen LogP contribution in [0.25, 0.3) is 0 Å². The Bertz CT molecular complexity index is 468. The third kappa shape index (κ3) is 4.66. The van der Waals surface area contributed by atoms with Crippen LogP contribution >= 0.6 is 0 Å². The summed E-state index contributed by atoms with van der Waals surface area (Å²) in [5.41, 5.74) is 7.88. The average Bonchev–Trinajstić information content (AvgIpc) is 2.40. The predicted molar refractivity (Wildman–Crippen MR) is 87.5 cm³/mol. The molecule has 1 aliphatic carbocycles. The zero-order valence-corrected chi connectivity index (χ0v) is 13.3. The van der Waals surface area contributed by atoms with Crippen molar-refractivity contribution in [2.75, 3.05) is 5.32 Å². The normalized spacial score (nSPS) is 22.6. The van der Waals surface area contributed by atoms with Crippen molar-refractivity contribution in [3.05, 3.63) is 29.8 Å². The summed E-state index contributed by atoms with van der Waals surface area (Å²) in [6.07, 6.45) is 4.10. The number of nitrogens with two attached hydrogens (primary N) is 1. The maximum absolute atomic E-state index is 10.8. The summed E-state index contributed by atoms with van der Waals surface area (Å²) >= 11 is 0. The van der Waals surface area contributed by atoms with Crippen molar-refractivity contribution in [1.29, 1.82) is 0 Å². The Balaban J connectivity index is 1.85. The van der Waals surface area contributed by atoms with Gasteiger partial charge in [-0.25, -0.2) is 4.79 Å². The molecule has 0 saturated heterocycles. The van der Waals surface area contributed by atoms with Crippen LogP contribution < -0.4 is 16.4 Å². The molecule has 0 spiro atoms. The third-order valence-electron chi connectivity index (χ3n) is 4.20. The molecule has 1 aromatic rings. The quantitative estimate of drug-likeness (QED) is 0.798. The predicted octanol–water partition coefficient (Wildman–Crippen LogP) is 3.38. The highest BCUT2D eigenvalue weighted by Crippen LogP contribution is 2.26. The van der Waals surface area contributed by atoms with Gasteiger partial charge in [0.05, 0.1) is 0 Å². The number of hydrogen-bond acceptors (Lipinski definition) is 2. The Morgan fingerprint density at radius 1 is 1.05 bits per heavy atom. The molecule has 0 bridgehead atoms. The Morgan fingerprint density at radius 2 is 1.57 bits per heavy atom. The van der Waals surface area contributed by atoms with Crippen molar-refractivity contribution >= 4 is 11.7 Å². The number of amides is 2. The summed E-state index contributed by atoms with van der Waals surface area (Å²) in [5, 5.41) is 6.39. The van der Waals surface area contributed by atoms with E-state index in [0.717, 1.165) is 25.7 Å². The molecule has 0 heterocycles. The zero-order chi connectivity index (χ0) is 15.5. The largest absolute Gasteiger partial charge is 0.382 e. The van der Waals surface area contributed by atoms with E-state index in [0.29, 0.717) is 6.04 Å². The molecular formula is C17H27N3O. The van der Waals surface area contributed by atoms with E-state index in [9.17, 15) is 4.79 Å². The summed E-state index contributed by atoms with van der Waals surface area (Å²) in [6, 6.07) is 9.03. The van der Waals surface area contributed by atoms with Gasteiger partial charge in [-0.3, -0.25) is 0 Å². The number of rotatable bonds is 3. The van der Waals surface area contributed by atoms with Crippen LogP contribution in [0.4, 0.5) is 10.5 Å². The lowest BCUT2D eigenvalue weighted by Gasteiger charge is -2.30. The van der Waals surface area contributed by atoms with E-state index >= 15 is 0 Å². The lowest BCUT2D eigenvalue weighted by atomic mass is 9.87. The summed E-state index contributed by atoms with van der Waals surface area (Å²) in [5.74, 6) is 0. The highest BCUT2D eigenvalue weighted by Gasteiger charge is 2.21. The van der Waals surface area contributed by atoms with Gasteiger partial charge in [-0.05, 0) is 48.8 Å². The first kappa shape index (κ1) is 15.7. The smallest absolute Gasteiger partial charge is 0.312 e. The van der Waals surface area contributed by atoms with Crippen LogP contribution in [-0.2, 0) is 5.41 Å². The van der Waals surface area contributed by atoms with E-state index in [1.165, 1.54) is 11.3 Å². The highest BCUT2D eigenvalue weighted by molar-refractivity contribution is 5.71. The highest BCUT2D eigenvalue weighted by atomic mass is 16.2. The number of anilines is 1. The molecule has 1 fully saturated rings. The van der Waals surface area contributed by atoms with Gasteiger partial charge in [-0.15, -0.1) is 0 Å². The molecule has 0 atom stereocenters. The second-order valence-electron chi connectivity index (χ2n) is 7.03. The molecule has 116 valence electrons. The molecule has 4 heteroatoms. The maximum atomic E-state index is 10.8. The number of nitrogens with one attached hydrogen (secondary N) is 2. The van der Waals surface area contributed by atoms with Gasteiger partial charge in [0, 0.05) is 17.8 Å². The average molecular weight is 289 g/mol. The molecule has 0 radical (unpaired) electrons. The molecule has 0 aromatic heterocycles. The molecule has 0 aliphatic heterocycles. The van der Waals surface area contributed by atoms with E-state index in [-0.39, 0.29) is 11.5 Å². The van der Waals surface area contributed by atoms with Crippen LogP contribution in [0.2, 0.25) is 0 Å². The van der Waals surface area contributed by atoms with Gasteiger partial charge >= 0.3 is 6.03 Å². The third-order valence-corrected chi connectivity index (χ3v) is 4.20. The SMILES string of the molecule is CC(C)(C)c1ccc(NC2CCC(NC(N)=O)CC2)cc1. The van der Waals surface area contributed by atoms with E-state index in [4.69, 9.17) is 5.73 Å². The number of benzene rings is 1. The van der Waals surface area contributed by atoms with Crippen LogP contribution in [0.15, 0.2) is 24.3 Å². The molecular weight excluding hydrogens is 262 g/mol. The van der Waals surface area contributed by atoms with E-state index < -0.39 is 6.03 Å². The standard InChI is InChI=1S/C17H27N3O/c1-17(2,3)12-4-6-13(7-5-12)19-14-8-10-15(11-9-14)20-16(18)21/h4-7,14-15,19H,8-11H2,1-3H3,(H3,18,20,21). The molecule has 21 heavy (non-hydrogen) atoms. The van der Waals surface area contributed by atoms with Gasteiger partial charge in [0.15, 0.2) is 0 Å². The number of hydrogen-bond donors (Lipinski definition) is 3. The van der Waals surface area contributed by atoms with Gasteiger partial charge in [-0.1, -0.05) is 32.9 Å². The maximum Gasteiger partial charge on any atom is 0.312 e. The van der Waals surface area contributed by atoms with Crippen molar-refractivity contribution in [1.82, 2.24) is 5.32 Å². The fourth-order valence-corrected chi connectivity index (χ4v) is 2.89. The second kappa shape index (κ2) is 6.37. The lowest BCUT2D eigenvalue weighted by Crippen LogP contribution is -2.42. The first-order chi connectivity index (χ1) is 9.84. The minimum Gasteiger partial charge on any atom is -0.382 e. The fraction of sp³-hybridized carbons (Fsp3) is 0.588. The Labute approximate surface area is 127 Å². The minimum atomic E-state index is -0.413. The van der Waals surface area contributed by atoms with Crippen molar-refractivity contribution in [3.8, 4) is 0 Å². The van der Waals surface area contributed by atoms with Crippen LogP contribution in [0.1, 0.15) is 52.0 Å². The molecule has 4 N–H and O–H groups in total. The summed E-state index contributed by atoms with van der Waals surface area (Å²) in [4.78, 5) is 10.8. The van der Waals surface area contributed by atoms with E-state index in [1.54, 1.807) is 0 Å². The zero-order valence-electron chi connectivity index (χ0n) is 13.3. The lowest BCUT2D eigenvalue weighted by molar-refractivity contribution is 0.240. The first-order valence-electron chi connectivity index (χ1n) is 7.77. The number of carbonyl (C=O) groups excluding carboxylic acids is 1. The summed E-state index contributed by atoms with van der Waals surface area (Å²) < 4.78 is 0. The Hall–Kier alpha value is -1.71. The fourth-order valence-electron chi connectivity index (χ4n) is 2.89.